The van der Waals surface area contributed by atoms with Gasteiger partial charge in [-0.05, 0) is 33.6 Å². The maximum Gasteiger partial charge on any atom is 0.407 e. The van der Waals surface area contributed by atoms with Gasteiger partial charge < -0.3 is 14.8 Å². The van der Waals surface area contributed by atoms with Crippen LogP contribution in [-0.2, 0) is 14.3 Å². The van der Waals surface area contributed by atoms with E-state index in [1.807, 2.05) is 6.92 Å². The monoisotopic (exact) mass is 271 g/mol. The van der Waals surface area contributed by atoms with Crippen molar-refractivity contribution in [3.8, 4) is 0 Å². The third kappa shape index (κ3) is 5.59. The molecule has 0 aliphatic heterocycles. The summed E-state index contributed by atoms with van der Waals surface area (Å²) in [6.07, 6.45) is 1.43. The molecule has 2 atom stereocenters. The summed E-state index contributed by atoms with van der Waals surface area (Å²) in [7, 11) is 1.55. The first kappa shape index (κ1) is 16.0. The van der Waals surface area contributed by atoms with Crippen molar-refractivity contribution in [3.05, 3.63) is 0 Å². The molecule has 1 aliphatic rings. The fourth-order valence-electron chi connectivity index (χ4n) is 1.89. The number of carbonyl (C=O) groups is 2. The standard InChI is InChI=1S/C14H25NO4/c1-9(12(16)10-6-7-10)11(8-18-5)15-13(17)19-14(2,3)4/h9-11H,6-8H2,1-5H3,(H,15,17). The van der Waals surface area contributed by atoms with Crippen LogP contribution in [0.3, 0.4) is 0 Å². The molecule has 0 bridgehead atoms. The topological polar surface area (TPSA) is 64.6 Å². The zero-order valence-electron chi connectivity index (χ0n) is 12.5. The number of ether oxygens (including phenoxy) is 2. The van der Waals surface area contributed by atoms with Crippen LogP contribution in [0, 0.1) is 11.8 Å². The smallest absolute Gasteiger partial charge is 0.407 e. The van der Waals surface area contributed by atoms with Crippen molar-refractivity contribution in [3.63, 3.8) is 0 Å². The molecule has 0 saturated heterocycles. The summed E-state index contributed by atoms with van der Waals surface area (Å²) in [6, 6.07) is -0.340. The van der Waals surface area contributed by atoms with Crippen molar-refractivity contribution >= 4 is 11.9 Å². The SMILES string of the molecule is COCC(NC(=O)OC(C)(C)C)C(C)C(=O)C1CC1. The van der Waals surface area contributed by atoms with E-state index in [1.54, 1.807) is 27.9 Å². The van der Waals surface area contributed by atoms with Crippen molar-refractivity contribution in [2.45, 2.75) is 52.2 Å². The molecule has 5 heteroatoms. The Kier molecular flexibility index (Phi) is 5.35. The van der Waals surface area contributed by atoms with Gasteiger partial charge in [-0.15, -0.1) is 0 Å². The quantitative estimate of drug-likeness (QED) is 0.804. The van der Waals surface area contributed by atoms with Crippen molar-refractivity contribution < 1.29 is 19.1 Å². The molecule has 0 spiro atoms. The molecule has 1 N–H and O–H groups in total. The Morgan fingerprint density at radius 1 is 1.32 bits per heavy atom. The lowest BCUT2D eigenvalue weighted by molar-refractivity contribution is -0.124. The zero-order valence-corrected chi connectivity index (χ0v) is 12.5. The van der Waals surface area contributed by atoms with Crippen LogP contribution in [0.4, 0.5) is 4.79 Å². The number of carbonyl (C=O) groups excluding carboxylic acids is 2. The van der Waals surface area contributed by atoms with E-state index in [2.05, 4.69) is 5.32 Å². The number of Topliss-reactive ketones (excluding diaryl/α,β-unsaturated/α-hetero) is 1. The van der Waals surface area contributed by atoms with Crippen molar-refractivity contribution in [1.29, 1.82) is 0 Å². The molecule has 0 aromatic rings. The number of methoxy groups -OCH3 is 1. The largest absolute Gasteiger partial charge is 0.444 e. The molecule has 5 nitrogen and oxygen atoms in total. The first-order valence-electron chi connectivity index (χ1n) is 6.76. The van der Waals surface area contributed by atoms with Gasteiger partial charge in [-0.25, -0.2) is 4.79 Å². The highest BCUT2D eigenvalue weighted by atomic mass is 16.6. The van der Waals surface area contributed by atoms with Gasteiger partial charge in [0, 0.05) is 18.9 Å². The molecule has 1 saturated carbocycles. The molecule has 1 fully saturated rings. The second-order valence-electron chi connectivity index (χ2n) is 6.17. The summed E-state index contributed by atoms with van der Waals surface area (Å²) in [5, 5.41) is 2.73. The number of hydrogen-bond acceptors (Lipinski definition) is 4. The molecule has 1 amide bonds. The molecule has 110 valence electrons. The normalized spacial score (nSPS) is 18.6. The van der Waals surface area contributed by atoms with E-state index in [-0.39, 0.29) is 23.7 Å². The number of rotatable bonds is 6. The van der Waals surface area contributed by atoms with Gasteiger partial charge >= 0.3 is 6.09 Å². The zero-order chi connectivity index (χ0) is 14.6. The molecule has 19 heavy (non-hydrogen) atoms. The molecule has 1 rings (SSSR count). The van der Waals surface area contributed by atoms with Gasteiger partial charge in [0.15, 0.2) is 0 Å². The number of nitrogens with one attached hydrogen (secondary N) is 1. The van der Waals surface area contributed by atoms with Gasteiger partial charge in [-0.2, -0.15) is 0 Å². The lowest BCUT2D eigenvalue weighted by atomic mass is 9.95. The van der Waals surface area contributed by atoms with Crippen LogP contribution >= 0.6 is 0 Å². The van der Waals surface area contributed by atoms with E-state index >= 15 is 0 Å². The van der Waals surface area contributed by atoms with Crippen LogP contribution in [-0.4, -0.2) is 37.2 Å². The van der Waals surface area contributed by atoms with Crippen LogP contribution in [0.15, 0.2) is 0 Å². The highest BCUT2D eigenvalue weighted by Gasteiger charge is 2.37. The first-order chi connectivity index (χ1) is 8.74. The Morgan fingerprint density at radius 3 is 2.32 bits per heavy atom. The maximum atomic E-state index is 12.0. The number of ketones is 1. The van der Waals surface area contributed by atoms with Gasteiger partial charge in [0.1, 0.15) is 11.4 Å². The Balaban J connectivity index is 2.56. The van der Waals surface area contributed by atoms with Crippen LogP contribution < -0.4 is 5.32 Å². The number of hydrogen-bond donors (Lipinski definition) is 1. The summed E-state index contributed by atoms with van der Waals surface area (Å²) >= 11 is 0. The second-order valence-corrected chi connectivity index (χ2v) is 6.17. The minimum Gasteiger partial charge on any atom is -0.444 e. The third-order valence-corrected chi connectivity index (χ3v) is 3.08. The predicted molar refractivity (Wildman–Crippen MR) is 71.9 cm³/mol. The Morgan fingerprint density at radius 2 is 1.89 bits per heavy atom. The van der Waals surface area contributed by atoms with Crippen molar-refractivity contribution in [2.24, 2.45) is 11.8 Å². The van der Waals surface area contributed by atoms with Crippen LogP contribution in [0.25, 0.3) is 0 Å². The van der Waals surface area contributed by atoms with E-state index in [0.717, 1.165) is 12.8 Å². The van der Waals surface area contributed by atoms with Gasteiger partial charge in [-0.1, -0.05) is 6.92 Å². The molecule has 2 unspecified atom stereocenters. The average Bonchev–Trinajstić information content (AvgIpc) is 3.07. The van der Waals surface area contributed by atoms with E-state index < -0.39 is 11.7 Å². The minimum absolute atomic E-state index is 0.176. The first-order valence-corrected chi connectivity index (χ1v) is 6.76. The summed E-state index contributed by atoms with van der Waals surface area (Å²) < 4.78 is 10.3. The van der Waals surface area contributed by atoms with Gasteiger partial charge in [0.05, 0.1) is 12.6 Å². The fourth-order valence-corrected chi connectivity index (χ4v) is 1.89. The molecule has 1 aliphatic carbocycles. The maximum absolute atomic E-state index is 12.0. The van der Waals surface area contributed by atoms with E-state index in [0.29, 0.717) is 6.61 Å². The van der Waals surface area contributed by atoms with Crippen LogP contribution in [0.2, 0.25) is 0 Å². The van der Waals surface area contributed by atoms with Gasteiger partial charge in [0.2, 0.25) is 0 Å². The second kappa shape index (κ2) is 6.37. The summed E-state index contributed by atoms with van der Waals surface area (Å²) in [6.45, 7) is 7.55. The van der Waals surface area contributed by atoms with Gasteiger partial charge in [-0.3, -0.25) is 4.79 Å². The summed E-state index contributed by atoms with van der Waals surface area (Å²) in [5.74, 6) is 0.132. The van der Waals surface area contributed by atoms with Gasteiger partial charge in [0.25, 0.3) is 0 Å². The van der Waals surface area contributed by atoms with E-state index in [4.69, 9.17) is 9.47 Å². The van der Waals surface area contributed by atoms with Crippen molar-refractivity contribution in [1.82, 2.24) is 5.32 Å². The Hall–Kier alpha value is -1.10. The molecular weight excluding hydrogens is 246 g/mol. The predicted octanol–water partition coefficient (Wildman–Crippen LogP) is 2.14. The van der Waals surface area contributed by atoms with Crippen LogP contribution in [0.1, 0.15) is 40.5 Å². The van der Waals surface area contributed by atoms with Crippen LogP contribution in [0.5, 0.6) is 0 Å². The van der Waals surface area contributed by atoms with E-state index in [9.17, 15) is 9.59 Å². The lowest BCUT2D eigenvalue weighted by Gasteiger charge is -2.26. The molecule has 0 aromatic heterocycles. The number of amides is 1. The molecule has 0 aromatic carbocycles. The summed E-state index contributed by atoms with van der Waals surface area (Å²) in [4.78, 5) is 23.8. The molecular formula is C14H25NO4. The highest BCUT2D eigenvalue weighted by Crippen LogP contribution is 2.33. The average molecular weight is 271 g/mol. The fraction of sp³-hybridized carbons (Fsp3) is 0.857. The molecule has 0 radical (unpaired) electrons. The third-order valence-electron chi connectivity index (χ3n) is 3.08. The van der Waals surface area contributed by atoms with E-state index in [1.165, 1.54) is 0 Å². The lowest BCUT2D eigenvalue weighted by Crippen LogP contribution is -2.47. The minimum atomic E-state index is -0.550. The molecule has 0 heterocycles. The summed E-state index contributed by atoms with van der Waals surface area (Å²) in [5.41, 5.74) is -0.550. The number of alkyl carbamates (subject to hydrolysis) is 1. The highest BCUT2D eigenvalue weighted by molar-refractivity contribution is 5.86. The Bertz CT molecular complexity index is 331. The van der Waals surface area contributed by atoms with Crippen molar-refractivity contribution in [2.75, 3.05) is 13.7 Å². The Labute approximate surface area is 115 Å².